The third-order valence-electron chi connectivity index (χ3n) is 5.09. The Hall–Kier alpha value is -2.82. The van der Waals surface area contributed by atoms with Crippen molar-refractivity contribution < 1.29 is 4.74 Å². The molecule has 3 rings (SSSR count). The van der Waals surface area contributed by atoms with Gasteiger partial charge in [0.1, 0.15) is 18.2 Å². The monoisotopic (exact) mass is 451 g/mol. The molecule has 0 amide bonds. The minimum Gasteiger partial charge on any atom is -0.492 e. The van der Waals surface area contributed by atoms with Crippen molar-refractivity contribution in [1.82, 2.24) is 4.90 Å². The first-order valence-corrected chi connectivity index (χ1v) is 11.0. The minimum atomic E-state index is 0. The molecule has 0 fully saturated rings. The first-order valence-electron chi connectivity index (χ1n) is 11.0. The van der Waals surface area contributed by atoms with Gasteiger partial charge in [0.05, 0.1) is 5.69 Å². The maximum absolute atomic E-state index is 6.06. The summed E-state index contributed by atoms with van der Waals surface area (Å²) < 4.78 is 6.06. The minimum absolute atomic E-state index is 0. The van der Waals surface area contributed by atoms with E-state index in [0.717, 1.165) is 35.1 Å². The lowest BCUT2D eigenvalue weighted by molar-refractivity contribution is 0.142. The van der Waals surface area contributed by atoms with Gasteiger partial charge in [-0.3, -0.25) is 4.90 Å². The number of nitrogens with zero attached hydrogens (tertiary/aromatic N) is 2. The summed E-state index contributed by atoms with van der Waals surface area (Å²) in [6, 6.07) is 29.2. The topological polar surface area (TPSA) is 36.9 Å². The first-order chi connectivity index (χ1) is 15.0. The van der Waals surface area contributed by atoms with Crippen molar-refractivity contribution in [3.63, 3.8) is 0 Å². The predicted octanol–water partition coefficient (Wildman–Crippen LogP) is 6.80. The summed E-state index contributed by atoms with van der Waals surface area (Å²) >= 11 is 0. The van der Waals surface area contributed by atoms with Crippen molar-refractivity contribution in [3.05, 3.63) is 90.5 Å². The molecular formula is C27H34ClN3O. The van der Waals surface area contributed by atoms with Crippen LogP contribution in [0.2, 0.25) is 0 Å². The quantitative estimate of drug-likeness (QED) is 0.287. The molecule has 0 saturated heterocycles. The summed E-state index contributed by atoms with van der Waals surface area (Å²) in [6.45, 7) is 10.5. The molecule has 0 aliphatic carbocycles. The van der Waals surface area contributed by atoms with Gasteiger partial charge < -0.3 is 10.1 Å². The second-order valence-corrected chi connectivity index (χ2v) is 8.09. The molecule has 170 valence electrons. The van der Waals surface area contributed by atoms with Gasteiger partial charge in [-0.25, -0.2) is 4.99 Å². The lowest BCUT2D eigenvalue weighted by atomic mass is 10.2. The van der Waals surface area contributed by atoms with Crippen LogP contribution in [-0.2, 0) is 0 Å². The van der Waals surface area contributed by atoms with Crippen molar-refractivity contribution in [2.24, 2.45) is 4.99 Å². The molecule has 0 spiro atoms. The number of aliphatic imine (C=N–C) groups is 1. The summed E-state index contributed by atoms with van der Waals surface area (Å²) in [5.74, 6) is 1.65. The number of para-hydroxylation sites is 1. The average Bonchev–Trinajstić information content (AvgIpc) is 2.77. The van der Waals surface area contributed by atoms with E-state index < -0.39 is 0 Å². The molecule has 0 aromatic heterocycles. The molecule has 1 N–H and O–H groups in total. The molecule has 0 aliphatic rings. The SMILES string of the molecule is CC(C)N(CCOc1cccc(NC(=Nc2ccccc2)c2ccccc2)c1)C(C)C.Cl. The van der Waals surface area contributed by atoms with Crippen LogP contribution in [0.3, 0.4) is 0 Å². The van der Waals surface area contributed by atoms with E-state index in [0.29, 0.717) is 18.7 Å². The fourth-order valence-electron chi connectivity index (χ4n) is 3.57. The van der Waals surface area contributed by atoms with E-state index in [1.54, 1.807) is 0 Å². The molecule has 0 radical (unpaired) electrons. The van der Waals surface area contributed by atoms with Gasteiger partial charge >= 0.3 is 0 Å². The van der Waals surface area contributed by atoms with E-state index in [1.165, 1.54) is 0 Å². The molecule has 0 heterocycles. The molecule has 0 bridgehead atoms. The van der Waals surface area contributed by atoms with Crippen LogP contribution in [0, 0.1) is 0 Å². The zero-order valence-electron chi connectivity index (χ0n) is 19.4. The number of amidine groups is 1. The van der Waals surface area contributed by atoms with Gasteiger partial charge in [0.25, 0.3) is 0 Å². The number of anilines is 1. The summed E-state index contributed by atoms with van der Waals surface area (Å²) in [5.41, 5.74) is 2.88. The van der Waals surface area contributed by atoms with E-state index in [2.05, 4.69) is 50.0 Å². The van der Waals surface area contributed by atoms with Crippen LogP contribution in [0.15, 0.2) is 89.9 Å². The summed E-state index contributed by atoms with van der Waals surface area (Å²) in [5, 5.41) is 3.48. The molecule has 0 atom stereocenters. The highest BCUT2D eigenvalue weighted by Crippen LogP contribution is 2.20. The van der Waals surface area contributed by atoms with Crippen molar-refractivity contribution in [1.29, 1.82) is 0 Å². The van der Waals surface area contributed by atoms with E-state index in [-0.39, 0.29) is 12.4 Å². The highest BCUT2D eigenvalue weighted by atomic mass is 35.5. The fourth-order valence-corrected chi connectivity index (χ4v) is 3.57. The van der Waals surface area contributed by atoms with Gasteiger partial charge in [-0.05, 0) is 52.0 Å². The largest absolute Gasteiger partial charge is 0.492 e. The van der Waals surface area contributed by atoms with Crippen LogP contribution in [0.25, 0.3) is 0 Å². The molecule has 3 aromatic carbocycles. The van der Waals surface area contributed by atoms with Gasteiger partial charge in [-0.15, -0.1) is 12.4 Å². The lowest BCUT2D eigenvalue weighted by Crippen LogP contribution is -2.39. The highest BCUT2D eigenvalue weighted by Gasteiger charge is 2.13. The Labute approximate surface area is 198 Å². The molecule has 0 aliphatic heterocycles. The Balaban J connectivity index is 0.00000363. The second kappa shape index (κ2) is 12.9. The van der Waals surface area contributed by atoms with Gasteiger partial charge in [0.15, 0.2) is 0 Å². The molecule has 4 nitrogen and oxygen atoms in total. The zero-order valence-corrected chi connectivity index (χ0v) is 20.2. The molecule has 32 heavy (non-hydrogen) atoms. The van der Waals surface area contributed by atoms with E-state index in [1.807, 2.05) is 72.8 Å². The van der Waals surface area contributed by atoms with Crippen molar-refractivity contribution >= 4 is 29.6 Å². The Morgan fingerprint density at radius 1 is 0.844 bits per heavy atom. The van der Waals surface area contributed by atoms with E-state index >= 15 is 0 Å². The van der Waals surface area contributed by atoms with Crippen LogP contribution in [-0.4, -0.2) is 36.0 Å². The van der Waals surface area contributed by atoms with Crippen LogP contribution in [0.4, 0.5) is 11.4 Å². The summed E-state index contributed by atoms with van der Waals surface area (Å²) in [4.78, 5) is 7.27. The highest BCUT2D eigenvalue weighted by molar-refractivity contribution is 6.09. The van der Waals surface area contributed by atoms with Gasteiger partial charge in [0, 0.05) is 35.9 Å². The van der Waals surface area contributed by atoms with Crippen molar-refractivity contribution in [2.75, 3.05) is 18.5 Å². The van der Waals surface area contributed by atoms with Gasteiger partial charge in [0.2, 0.25) is 0 Å². The number of ether oxygens (including phenoxy) is 1. The molecule has 0 unspecified atom stereocenters. The molecule has 0 saturated carbocycles. The summed E-state index contributed by atoms with van der Waals surface area (Å²) in [7, 11) is 0. The molecule has 3 aromatic rings. The Kier molecular flexibility index (Phi) is 10.3. The lowest BCUT2D eigenvalue weighted by Gasteiger charge is -2.30. The van der Waals surface area contributed by atoms with Crippen LogP contribution >= 0.6 is 12.4 Å². The predicted molar refractivity (Wildman–Crippen MR) is 139 cm³/mol. The smallest absolute Gasteiger partial charge is 0.138 e. The van der Waals surface area contributed by atoms with Crippen molar-refractivity contribution in [2.45, 2.75) is 39.8 Å². The standard InChI is InChI=1S/C27H33N3O.ClH/c1-21(2)30(22(3)4)18-19-31-26-17-11-16-25(20-26)29-27(23-12-7-5-8-13-23)28-24-14-9-6-10-15-24;/h5-17,20-22H,18-19H2,1-4H3,(H,28,29);1H. The number of hydrogen-bond donors (Lipinski definition) is 1. The Morgan fingerprint density at radius 2 is 1.47 bits per heavy atom. The normalized spacial score (nSPS) is 11.5. The summed E-state index contributed by atoms with van der Waals surface area (Å²) in [6.07, 6.45) is 0. The maximum atomic E-state index is 6.06. The first kappa shape index (κ1) is 25.4. The third-order valence-corrected chi connectivity index (χ3v) is 5.09. The molecule has 5 heteroatoms. The van der Waals surface area contributed by atoms with Gasteiger partial charge in [-0.1, -0.05) is 54.6 Å². The fraction of sp³-hybridized carbons (Fsp3) is 0.296. The van der Waals surface area contributed by atoms with Crippen molar-refractivity contribution in [3.8, 4) is 5.75 Å². The Bertz CT molecular complexity index is 951. The van der Waals surface area contributed by atoms with Crippen LogP contribution in [0.5, 0.6) is 5.75 Å². The molecular weight excluding hydrogens is 418 g/mol. The average molecular weight is 452 g/mol. The number of nitrogens with one attached hydrogen (secondary N) is 1. The number of rotatable bonds is 9. The van der Waals surface area contributed by atoms with E-state index in [4.69, 9.17) is 9.73 Å². The van der Waals surface area contributed by atoms with E-state index in [9.17, 15) is 0 Å². The number of hydrogen-bond acceptors (Lipinski definition) is 3. The van der Waals surface area contributed by atoms with Gasteiger partial charge in [-0.2, -0.15) is 0 Å². The second-order valence-electron chi connectivity index (χ2n) is 8.09. The number of benzene rings is 3. The van der Waals surface area contributed by atoms with Crippen LogP contribution in [0.1, 0.15) is 33.3 Å². The Morgan fingerprint density at radius 3 is 2.09 bits per heavy atom. The zero-order chi connectivity index (χ0) is 22.1. The number of halogens is 1. The van der Waals surface area contributed by atoms with Crippen LogP contribution < -0.4 is 10.1 Å². The maximum Gasteiger partial charge on any atom is 0.138 e. The third kappa shape index (κ3) is 7.70.